The predicted molar refractivity (Wildman–Crippen MR) is 288 cm³/mol. The van der Waals surface area contributed by atoms with Crippen LogP contribution in [0.2, 0.25) is 0 Å². The summed E-state index contributed by atoms with van der Waals surface area (Å²) in [7, 11) is 0. The molecule has 14 rings (SSSR count). The minimum absolute atomic E-state index is 0.464. The normalized spacial score (nSPS) is 12.8. The van der Waals surface area contributed by atoms with Crippen LogP contribution in [0.15, 0.2) is 267 Å². The molecule has 1 aromatic heterocycles. The Hall–Kier alpha value is -8.98. The van der Waals surface area contributed by atoms with Gasteiger partial charge in [0.15, 0.2) is 0 Å². The quantitative estimate of drug-likeness (QED) is 0.155. The molecule has 322 valence electrons. The molecule has 0 atom stereocenters. The molecule has 0 amide bonds. The van der Waals surface area contributed by atoms with Gasteiger partial charge in [-0.05, 0) is 139 Å². The molecule has 1 spiro atoms. The molecule has 69 heavy (non-hydrogen) atoms. The smallest absolute Gasteiger partial charge is 0.0726 e. The van der Waals surface area contributed by atoms with Crippen molar-refractivity contribution in [2.75, 3.05) is 4.90 Å². The van der Waals surface area contributed by atoms with Crippen molar-refractivity contribution in [1.82, 2.24) is 4.57 Å². The molecule has 0 unspecified atom stereocenters. The van der Waals surface area contributed by atoms with E-state index in [1.807, 2.05) is 0 Å². The Kier molecular flexibility index (Phi) is 8.84. The lowest BCUT2D eigenvalue weighted by Gasteiger charge is -2.32. The highest BCUT2D eigenvalue weighted by Crippen LogP contribution is 2.64. The lowest BCUT2D eigenvalue weighted by Crippen LogP contribution is -2.26. The van der Waals surface area contributed by atoms with Crippen LogP contribution in [0, 0.1) is 0 Å². The summed E-state index contributed by atoms with van der Waals surface area (Å²) in [6.45, 7) is 0. The second-order valence-electron chi connectivity index (χ2n) is 18.4. The van der Waals surface area contributed by atoms with Gasteiger partial charge in [-0.25, -0.2) is 0 Å². The average Bonchev–Trinajstić information content (AvgIpc) is 4.04. The Morgan fingerprint density at radius 3 is 1.38 bits per heavy atom. The summed E-state index contributed by atoms with van der Waals surface area (Å²) < 4.78 is 2.42. The minimum atomic E-state index is -0.464. The Bertz CT molecular complexity index is 3840. The summed E-state index contributed by atoms with van der Waals surface area (Å²) >= 11 is 0. The van der Waals surface area contributed by atoms with Crippen LogP contribution in [0.5, 0.6) is 0 Å². The van der Waals surface area contributed by atoms with Gasteiger partial charge < -0.3 is 9.47 Å². The first-order valence-corrected chi connectivity index (χ1v) is 23.9. The van der Waals surface area contributed by atoms with Gasteiger partial charge in [0.1, 0.15) is 0 Å². The van der Waals surface area contributed by atoms with Gasteiger partial charge in [0.25, 0.3) is 0 Å². The molecule has 1 heterocycles. The monoisotopic (exact) mass is 876 g/mol. The van der Waals surface area contributed by atoms with E-state index in [2.05, 4.69) is 276 Å². The largest absolute Gasteiger partial charge is 0.310 e. The van der Waals surface area contributed by atoms with Gasteiger partial charge in [-0.1, -0.05) is 200 Å². The highest BCUT2D eigenvalue weighted by atomic mass is 15.1. The summed E-state index contributed by atoms with van der Waals surface area (Å²) in [6, 6.07) is 98.6. The molecule has 0 bridgehead atoms. The van der Waals surface area contributed by atoms with Crippen LogP contribution in [-0.4, -0.2) is 4.57 Å². The zero-order valence-electron chi connectivity index (χ0n) is 37.8. The number of fused-ring (bicyclic) bond motifs is 13. The van der Waals surface area contributed by atoms with E-state index >= 15 is 0 Å². The molecule has 0 N–H and O–H groups in total. The number of hydrogen-bond acceptors (Lipinski definition) is 1. The van der Waals surface area contributed by atoms with E-state index in [9.17, 15) is 0 Å². The lowest BCUT2D eigenvalue weighted by atomic mass is 9.70. The molecule has 0 saturated heterocycles. The van der Waals surface area contributed by atoms with Crippen molar-refractivity contribution < 1.29 is 0 Å². The van der Waals surface area contributed by atoms with Crippen molar-refractivity contribution in [1.29, 1.82) is 0 Å². The van der Waals surface area contributed by atoms with E-state index in [1.165, 1.54) is 88.6 Å². The topological polar surface area (TPSA) is 8.17 Å². The number of nitrogens with zero attached hydrogens (tertiary/aromatic N) is 2. The molecule has 2 nitrogen and oxygen atoms in total. The summed E-state index contributed by atoms with van der Waals surface area (Å²) in [4.78, 5) is 2.51. The first-order valence-electron chi connectivity index (χ1n) is 23.9. The maximum absolute atomic E-state index is 2.51. The second kappa shape index (κ2) is 15.6. The summed E-state index contributed by atoms with van der Waals surface area (Å²) in [5, 5.41) is 2.46. The molecule has 0 aliphatic heterocycles. The van der Waals surface area contributed by atoms with Gasteiger partial charge in [0.2, 0.25) is 0 Å². The van der Waals surface area contributed by atoms with E-state index in [0.717, 1.165) is 33.8 Å². The van der Waals surface area contributed by atoms with E-state index < -0.39 is 5.41 Å². The van der Waals surface area contributed by atoms with Crippen LogP contribution in [0.25, 0.3) is 83.1 Å². The fourth-order valence-corrected chi connectivity index (χ4v) is 11.9. The SMILES string of the molecule is c1ccc(-c2cc(-c3ccccc3)cc(-c3ccc(N(c4ccc5c6ccccc6n(-c6ccccc6)c5c4)c4cccc5c4-c4ccccc4C54c5ccccc5-c5ccccc54)cc3)c2)cc1. The van der Waals surface area contributed by atoms with Crippen molar-refractivity contribution in [2.45, 2.75) is 5.41 Å². The number of anilines is 3. The summed E-state index contributed by atoms with van der Waals surface area (Å²) in [5.41, 5.74) is 23.9. The molecule has 0 radical (unpaired) electrons. The van der Waals surface area contributed by atoms with Crippen LogP contribution in [0.3, 0.4) is 0 Å². The maximum atomic E-state index is 2.51. The molecular weight excluding hydrogens is 833 g/mol. The molecule has 2 aliphatic carbocycles. The van der Waals surface area contributed by atoms with Crippen molar-refractivity contribution in [2.24, 2.45) is 0 Å². The van der Waals surface area contributed by atoms with Crippen LogP contribution < -0.4 is 4.90 Å². The van der Waals surface area contributed by atoms with Crippen LogP contribution in [0.4, 0.5) is 17.1 Å². The predicted octanol–water partition coefficient (Wildman–Crippen LogP) is 17.6. The zero-order chi connectivity index (χ0) is 45.5. The zero-order valence-corrected chi connectivity index (χ0v) is 37.8. The molecule has 0 saturated carbocycles. The number of aromatic nitrogens is 1. The van der Waals surface area contributed by atoms with Crippen LogP contribution in [-0.2, 0) is 5.41 Å². The van der Waals surface area contributed by atoms with Gasteiger partial charge in [-0.3, -0.25) is 0 Å². The molecule has 2 aliphatic rings. The third-order valence-corrected chi connectivity index (χ3v) is 14.8. The van der Waals surface area contributed by atoms with Gasteiger partial charge >= 0.3 is 0 Å². The highest BCUT2D eigenvalue weighted by molar-refractivity contribution is 6.11. The van der Waals surface area contributed by atoms with Gasteiger partial charge in [-0.15, -0.1) is 0 Å². The number of rotatable bonds is 7. The molecular formula is C67H44N2. The average molecular weight is 877 g/mol. The van der Waals surface area contributed by atoms with Crippen molar-refractivity contribution in [3.05, 3.63) is 289 Å². The second-order valence-corrected chi connectivity index (χ2v) is 18.4. The van der Waals surface area contributed by atoms with Crippen molar-refractivity contribution in [3.8, 4) is 61.3 Å². The van der Waals surface area contributed by atoms with E-state index in [-0.39, 0.29) is 0 Å². The first kappa shape index (κ1) is 39.2. The maximum Gasteiger partial charge on any atom is 0.0726 e. The van der Waals surface area contributed by atoms with Crippen LogP contribution in [0.1, 0.15) is 22.3 Å². The van der Waals surface area contributed by atoms with Gasteiger partial charge in [0, 0.05) is 33.4 Å². The number of para-hydroxylation sites is 2. The fourth-order valence-electron chi connectivity index (χ4n) is 11.9. The standard InChI is InChI=1S/C67H44N2/c1-4-19-45(20-5-1)48-41-49(46-21-6-2-7-22-46)43-50(42-48)47-35-37-52(38-36-47)68(53-39-40-57-56-27-13-17-33-63(56)69(65(57)44-53)51-23-8-3-9-24-51)64-34-18-32-62-66(64)58-28-12-16-31-61(58)67(62)59-29-14-10-25-54(59)55-26-11-15-30-60(55)67/h1-44H. The Morgan fingerprint density at radius 1 is 0.290 bits per heavy atom. The van der Waals surface area contributed by atoms with E-state index in [4.69, 9.17) is 0 Å². The van der Waals surface area contributed by atoms with Crippen molar-refractivity contribution >= 4 is 38.9 Å². The van der Waals surface area contributed by atoms with Gasteiger partial charge in [0.05, 0.1) is 22.1 Å². The third kappa shape index (κ3) is 5.92. The first-order chi connectivity index (χ1) is 34.2. The van der Waals surface area contributed by atoms with E-state index in [0.29, 0.717) is 0 Å². The van der Waals surface area contributed by atoms with Gasteiger partial charge in [-0.2, -0.15) is 0 Å². The van der Waals surface area contributed by atoms with E-state index in [1.54, 1.807) is 0 Å². The Labute approximate surface area is 402 Å². The Morgan fingerprint density at radius 2 is 0.754 bits per heavy atom. The molecule has 2 heteroatoms. The minimum Gasteiger partial charge on any atom is -0.310 e. The van der Waals surface area contributed by atoms with Crippen molar-refractivity contribution in [3.63, 3.8) is 0 Å². The Balaban J connectivity index is 1.01. The summed E-state index contributed by atoms with van der Waals surface area (Å²) in [6.07, 6.45) is 0. The molecule has 11 aromatic carbocycles. The summed E-state index contributed by atoms with van der Waals surface area (Å²) in [5.74, 6) is 0. The molecule has 0 fully saturated rings. The highest BCUT2D eigenvalue weighted by Gasteiger charge is 2.52. The molecule has 12 aromatic rings. The number of benzene rings is 11. The lowest BCUT2D eigenvalue weighted by molar-refractivity contribution is 0.794. The fraction of sp³-hybridized carbons (Fsp3) is 0.0149. The number of hydrogen-bond donors (Lipinski definition) is 0. The van der Waals surface area contributed by atoms with Crippen LogP contribution >= 0.6 is 0 Å². The third-order valence-electron chi connectivity index (χ3n) is 14.8.